The van der Waals surface area contributed by atoms with E-state index in [0.717, 1.165) is 19.3 Å². The van der Waals surface area contributed by atoms with Crippen LogP contribution in [0.3, 0.4) is 0 Å². The molecule has 122 valence electrons. The van der Waals surface area contributed by atoms with Crippen molar-refractivity contribution in [3.8, 4) is 0 Å². The van der Waals surface area contributed by atoms with E-state index < -0.39 is 6.10 Å². The highest BCUT2D eigenvalue weighted by atomic mass is 16.3. The third-order valence-electron chi connectivity index (χ3n) is 7.95. The van der Waals surface area contributed by atoms with Gasteiger partial charge in [0.05, 0.1) is 6.10 Å². The van der Waals surface area contributed by atoms with Gasteiger partial charge in [0.15, 0.2) is 0 Å². The molecule has 0 aromatic carbocycles. The normalized spacial score (nSPS) is 54.6. The van der Waals surface area contributed by atoms with Crippen LogP contribution in [0.4, 0.5) is 0 Å². The molecule has 7 atom stereocenters. The van der Waals surface area contributed by atoms with E-state index >= 15 is 0 Å². The highest BCUT2D eigenvalue weighted by molar-refractivity contribution is 5.85. The van der Waals surface area contributed by atoms with Crippen molar-refractivity contribution >= 4 is 11.6 Å². The summed E-state index contributed by atoms with van der Waals surface area (Å²) >= 11 is 0. The molecule has 22 heavy (non-hydrogen) atoms. The lowest BCUT2D eigenvalue weighted by Crippen LogP contribution is -2.60. The van der Waals surface area contributed by atoms with Crippen molar-refractivity contribution in [2.24, 2.45) is 34.5 Å². The molecule has 0 heterocycles. The number of hydrogen-bond donors (Lipinski definition) is 1. The lowest BCUT2D eigenvalue weighted by Gasteiger charge is -2.59. The van der Waals surface area contributed by atoms with Gasteiger partial charge in [0.2, 0.25) is 0 Å². The molecular formula is C19H28O3. The molecule has 4 aliphatic carbocycles. The Balaban J connectivity index is 1.74. The zero-order valence-corrected chi connectivity index (χ0v) is 13.8. The lowest BCUT2D eigenvalue weighted by molar-refractivity contribution is -0.173. The van der Waals surface area contributed by atoms with Gasteiger partial charge in [0.25, 0.3) is 0 Å². The van der Waals surface area contributed by atoms with Gasteiger partial charge in [-0.2, -0.15) is 0 Å². The number of fused-ring (bicyclic) bond motifs is 5. The number of aliphatic hydroxyl groups excluding tert-OH is 1. The third-order valence-corrected chi connectivity index (χ3v) is 7.95. The first-order valence-corrected chi connectivity index (χ1v) is 9.08. The number of ketones is 2. The van der Waals surface area contributed by atoms with Crippen LogP contribution in [0.25, 0.3) is 0 Å². The number of rotatable bonds is 0. The summed E-state index contributed by atoms with van der Waals surface area (Å²) < 4.78 is 0. The van der Waals surface area contributed by atoms with Gasteiger partial charge in [-0.3, -0.25) is 9.59 Å². The Labute approximate surface area is 132 Å². The molecule has 0 aliphatic heterocycles. The Morgan fingerprint density at radius 3 is 2.68 bits per heavy atom. The molecular weight excluding hydrogens is 276 g/mol. The van der Waals surface area contributed by atoms with Crippen molar-refractivity contribution in [2.75, 3.05) is 0 Å². The van der Waals surface area contributed by atoms with E-state index in [2.05, 4.69) is 13.8 Å². The predicted octanol–water partition coefficient (Wildman–Crippen LogP) is 3.14. The van der Waals surface area contributed by atoms with Gasteiger partial charge in [0, 0.05) is 25.2 Å². The van der Waals surface area contributed by atoms with E-state index in [1.807, 2.05) is 0 Å². The van der Waals surface area contributed by atoms with Crippen molar-refractivity contribution in [2.45, 2.75) is 71.3 Å². The van der Waals surface area contributed by atoms with Gasteiger partial charge in [-0.05, 0) is 54.3 Å². The maximum Gasteiger partial charge on any atom is 0.137 e. The minimum Gasteiger partial charge on any atom is -0.393 e. The second-order valence-corrected chi connectivity index (χ2v) is 9.10. The molecule has 3 heteroatoms. The smallest absolute Gasteiger partial charge is 0.137 e. The van der Waals surface area contributed by atoms with E-state index in [-0.39, 0.29) is 28.4 Å². The summed E-state index contributed by atoms with van der Waals surface area (Å²) in [5, 5.41) is 10.8. The highest BCUT2D eigenvalue weighted by Crippen LogP contribution is 2.64. The number of Topliss-reactive ketones (excluding diaryl/α,β-unsaturated/α-hetero) is 2. The summed E-state index contributed by atoms with van der Waals surface area (Å²) in [6.07, 6.45) is 6.56. The van der Waals surface area contributed by atoms with Crippen LogP contribution in [0.15, 0.2) is 0 Å². The van der Waals surface area contributed by atoms with E-state index in [1.54, 1.807) is 0 Å². The summed E-state index contributed by atoms with van der Waals surface area (Å²) in [4.78, 5) is 24.9. The fourth-order valence-electron chi connectivity index (χ4n) is 6.93. The van der Waals surface area contributed by atoms with Crippen LogP contribution in [0.2, 0.25) is 0 Å². The zero-order valence-electron chi connectivity index (χ0n) is 13.8. The van der Waals surface area contributed by atoms with Crippen LogP contribution in [0, 0.1) is 34.5 Å². The van der Waals surface area contributed by atoms with E-state index in [9.17, 15) is 14.7 Å². The topological polar surface area (TPSA) is 54.4 Å². The largest absolute Gasteiger partial charge is 0.393 e. The van der Waals surface area contributed by atoms with E-state index in [1.165, 1.54) is 19.3 Å². The summed E-state index contributed by atoms with van der Waals surface area (Å²) in [7, 11) is 0. The molecule has 0 aromatic heterocycles. The summed E-state index contributed by atoms with van der Waals surface area (Å²) in [5.74, 6) is 1.74. The Morgan fingerprint density at radius 1 is 1.14 bits per heavy atom. The molecule has 4 fully saturated rings. The zero-order chi connectivity index (χ0) is 15.7. The van der Waals surface area contributed by atoms with Gasteiger partial charge in [-0.15, -0.1) is 0 Å². The van der Waals surface area contributed by atoms with Crippen LogP contribution in [0.5, 0.6) is 0 Å². The third kappa shape index (κ3) is 1.84. The number of hydrogen-bond acceptors (Lipinski definition) is 3. The fourth-order valence-corrected chi connectivity index (χ4v) is 6.93. The monoisotopic (exact) mass is 304 g/mol. The average Bonchev–Trinajstić information content (AvgIpc) is 2.82. The first kappa shape index (κ1) is 14.9. The molecule has 0 bridgehead atoms. The highest BCUT2D eigenvalue weighted by Gasteiger charge is 2.63. The Bertz CT molecular complexity index is 527. The van der Waals surface area contributed by atoms with Crippen LogP contribution >= 0.6 is 0 Å². The molecule has 0 radical (unpaired) electrons. The lowest BCUT2D eigenvalue weighted by atomic mass is 9.44. The summed E-state index contributed by atoms with van der Waals surface area (Å²) in [6, 6.07) is 0. The number of carbonyl (C=O) groups excluding carboxylic acids is 2. The van der Waals surface area contributed by atoms with E-state index in [4.69, 9.17) is 0 Å². The second-order valence-electron chi connectivity index (χ2n) is 9.10. The first-order chi connectivity index (χ1) is 10.3. The molecule has 0 spiro atoms. The quantitative estimate of drug-likeness (QED) is 0.748. The maximum absolute atomic E-state index is 13.1. The fraction of sp³-hybridized carbons (Fsp3) is 0.895. The van der Waals surface area contributed by atoms with E-state index in [0.29, 0.717) is 30.5 Å². The molecule has 4 rings (SSSR count). The molecule has 4 aliphatic rings. The van der Waals surface area contributed by atoms with Gasteiger partial charge >= 0.3 is 0 Å². The van der Waals surface area contributed by atoms with Crippen LogP contribution < -0.4 is 0 Å². The van der Waals surface area contributed by atoms with Crippen molar-refractivity contribution in [1.82, 2.24) is 0 Å². The second kappa shape index (κ2) is 4.66. The van der Waals surface area contributed by atoms with Gasteiger partial charge in [-0.25, -0.2) is 0 Å². The minimum atomic E-state index is -0.397. The van der Waals surface area contributed by atoms with Gasteiger partial charge in [0.1, 0.15) is 11.6 Å². The van der Waals surface area contributed by atoms with Crippen molar-refractivity contribution < 1.29 is 14.7 Å². The molecule has 4 saturated carbocycles. The Kier molecular flexibility index (Phi) is 3.15. The summed E-state index contributed by atoms with van der Waals surface area (Å²) in [6.45, 7) is 4.49. The van der Waals surface area contributed by atoms with Gasteiger partial charge in [-0.1, -0.05) is 20.3 Å². The maximum atomic E-state index is 13.1. The molecule has 3 nitrogen and oxygen atoms in total. The van der Waals surface area contributed by atoms with Gasteiger partial charge < -0.3 is 5.11 Å². The summed E-state index contributed by atoms with van der Waals surface area (Å²) in [5.41, 5.74) is 0.0168. The Hall–Kier alpha value is -0.700. The van der Waals surface area contributed by atoms with Crippen LogP contribution in [-0.4, -0.2) is 22.8 Å². The van der Waals surface area contributed by atoms with Crippen LogP contribution in [0.1, 0.15) is 65.2 Å². The molecule has 0 aromatic rings. The average molecular weight is 304 g/mol. The van der Waals surface area contributed by atoms with Crippen molar-refractivity contribution in [1.29, 1.82) is 0 Å². The number of carbonyl (C=O) groups is 2. The number of aliphatic hydroxyl groups is 1. The SMILES string of the molecule is C[C@]12CCC[C@@H]1[C@@H]1C[C@H](O)[C@H]3CC(=O)CC[C@]3(C)[C@@H]1C(=O)C2. The molecule has 0 amide bonds. The van der Waals surface area contributed by atoms with Crippen molar-refractivity contribution in [3.05, 3.63) is 0 Å². The van der Waals surface area contributed by atoms with Crippen LogP contribution in [-0.2, 0) is 9.59 Å². The Morgan fingerprint density at radius 2 is 1.91 bits per heavy atom. The minimum absolute atomic E-state index is 0.00436. The molecule has 1 N–H and O–H groups in total. The standard InChI is InChI=1S/C19H28O3/c1-18-6-3-4-13(18)12-9-15(21)14-8-11(20)5-7-19(14,2)17(12)16(22)10-18/h12-15,17,21H,3-10H2,1-2H3/t12-,13+,14+,15-,17-,18+,19-/m0/s1. The first-order valence-electron chi connectivity index (χ1n) is 9.08. The predicted molar refractivity (Wildman–Crippen MR) is 83.1 cm³/mol. The van der Waals surface area contributed by atoms with Crippen molar-refractivity contribution in [3.63, 3.8) is 0 Å². The molecule has 0 saturated heterocycles. The molecule has 0 unspecified atom stereocenters.